The van der Waals surface area contributed by atoms with Crippen LogP contribution in [-0.2, 0) is 4.79 Å². The summed E-state index contributed by atoms with van der Waals surface area (Å²) < 4.78 is 0. The number of carboxylic acids is 1. The molecule has 1 aromatic carbocycles. The van der Waals surface area contributed by atoms with Crippen molar-refractivity contribution < 1.29 is 15.2 Å². The van der Waals surface area contributed by atoms with Crippen LogP contribution in [-0.4, -0.2) is 21.5 Å². The second kappa shape index (κ2) is 5.72. The van der Waals surface area contributed by atoms with Crippen LogP contribution in [0.25, 0.3) is 21.3 Å². The molecular weight excluding hydrogens is 310 g/mol. The van der Waals surface area contributed by atoms with E-state index in [0.29, 0.717) is 5.82 Å². The molecule has 118 valence electrons. The molecule has 2 heterocycles. The van der Waals surface area contributed by atoms with Gasteiger partial charge in [0.05, 0.1) is 0 Å². The van der Waals surface area contributed by atoms with Gasteiger partial charge in [0.15, 0.2) is 0 Å². The molecule has 2 aromatic heterocycles. The summed E-state index contributed by atoms with van der Waals surface area (Å²) in [5.41, 5.74) is 2.17. The Morgan fingerprint density at radius 3 is 2.57 bits per heavy atom. The summed E-state index contributed by atoms with van der Waals surface area (Å²) in [7, 11) is 0. The smallest absolute Gasteiger partial charge is 0.237 e. The van der Waals surface area contributed by atoms with Crippen molar-refractivity contribution in [3.8, 4) is 11.1 Å². The van der Waals surface area contributed by atoms with Crippen molar-refractivity contribution in [1.82, 2.24) is 9.97 Å². The third-order valence-corrected chi connectivity index (χ3v) is 4.67. The molecule has 0 aliphatic heterocycles. The third kappa shape index (κ3) is 2.95. The van der Waals surface area contributed by atoms with Crippen molar-refractivity contribution >= 4 is 33.3 Å². The fourth-order valence-electron chi connectivity index (χ4n) is 2.35. The second-order valence-electron chi connectivity index (χ2n) is 6.11. The average Bonchev–Trinajstić information content (AvgIpc) is 2.93. The van der Waals surface area contributed by atoms with E-state index >= 15 is 0 Å². The van der Waals surface area contributed by atoms with Gasteiger partial charge in [-0.05, 0) is 26.3 Å². The van der Waals surface area contributed by atoms with Gasteiger partial charge < -0.3 is 9.90 Å². The van der Waals surface area contributed by atoms with Crippen molar-refractivity contribution in [3.63, 3.8) is 0 Å². The van der Waals surface area contributed by atoms with Gasteiger partial charge in [0.1, 0.15) is 28.1 Å². The lowest BCUT2D eigenvalue weighted by molar-refractivity contribution is -0.642. The number of quaternary nitrogens is 1. The molecule has 3 aromatic rings. The number of rotatable bonds is 4. The topological polar surface area (TPSA) is 82.5 Å². The number of hydrogen-bond acceptors (Lipinski definition) is 5. The van der Waals surface area contributed by atoms with Crippen LogP contribution in [0.5, 0.6) is 0 Å². The highest BCUT2D eigenvalue weighted by molar-refractivity contribution is 7.17. The molecule has 0 saturated carbocycles. The molecule has 0 saturated heterocycles. The molecule has 0 aliphatic rings. The van der Waals surface area contributed by atoms with Crippen LogP contribution in [0.2, 0.25) is 0 Å². The molecule has 23 heavy (non-hydrogen) atoms. The van der Waals surface area contributed by atoms with E-state index < -0.39 is 11.5 Å². The fourth-order valence-corrected chi connectivity index (χ4v) is 3.28. The highest BCUT2D eigenvalue weighted by Crippen LogP contribution is 2.35. The van der Waals surface area contributed by atoms with Gasteiger partial charge in [0, 0.05) is 10.9 Å². The predicted octanol–water partition coefficient (Wildman–Crippen LogP) is 1.39. The lowest BCUT2D eigenvalue weighted by Gasteiger charge is -2.23. The molecule has 3 rings (SSSR count). The zero-order valence-electron chi connectivity index (χ0n) is 13.2. The van der Waals surface area contributed by atoms with E-state index in [1.54, 1.807) is 19.2 Å². The molecule has 0 spiro atoms. The normalized spacial score (nSPS) is 11.8. The molecule has 2 N–H and O–H groups in total. The average molecular weight is 327 g/mol. The zero-order chi connectivity index (χ0) is 16.6. The Morgan fingerprint density at radius 1 is 1.22 bits per heavy atom. The first-order valence-electron chi connectivity index (χ1n) is 7.25. The minimum atomic E-state index is -1.13. The Labute approximate surface area is 138 Å². The second-order valence-corrected chi connectivity index (χ2v) is 6.97. The number of thiophene rings is 1. The first-order chi connectivity index (χ1) is 10.9. The van der Waals surface area contributed by atoms with E-state index in [1.165, 1.54) is 23.2 Å². The van der Waals surface area contributed by atoms with Gasteiger partial charge in [0.25, 0.3) is 0 Å². The minimum Gasteiger partial charge on any atom is -0.544 e. The summed E-state index contributed by atoms with van der Waals surface area (Å²) in [4.78, 5) is 20.8. The van der Waals surface area contributed by atoms with Crippen molar-refractivity contribution in [3.05, 3.63) is 41.5 Å². The number of hydrogen-bond donors (Lipinski definition) is 1. The monoisotopic (exact) mass is 327 g/mol. The Bertz CT molecular complexity index is 869. The third-order valence-electron chi connectivity index (χ3n) is 3.79. The van der Waals surface area contributed by atoms with Gasteiger partial charge >= 0.3 is 0 Å². The summed E-state index contributed by atoms with van der Waals surface area (Å²) in [6.45, 7) is 5.25. The van der Waals surface area contributed by atoms with E-state index in [-0.39, 0.29) is 0 Å². The number of carbonyl (C=O) groups is 1. The number of benzene rings is 1. The molecular formula is C17H17N3O2S. The molecule has 0 radical (unpaired) electrons. The standard InChI is InChI=1S/C17H17N3O2S/c1-10-4-6-11(7-5-10)12-8-23-15-13(12)14(18-9-19-15)20-17(2,3)16(21)22/h4-9H,1-3H3,(H,21,22)(H,18,19,20). The molecule has 0 unspecified atom stereocenters. The number of aromatic nitrogens is 2. The van der Waals surface area contributed by atoms with Crippen LogP contribution < -0.4 is 10.4 Å². The van der Waals surface area contributed by atoms with Gasteiger partial charge in [0.2, 0.25) is 5.82 Å². The minimum absolute atomic E-state index is 0.626. The van der Waals surface area contributed by atoms with Crippen molar-refractivity contribution in [2.75, 3.05) is 0 Å². The summed E-state index contributed by atoms with van der Waals surface area (Å²) in [6.07, 6.45) is 1.47. The maximum absolute atomic E-state index is 11.3. The molecule has 6 heteroatoms. The Hall–Kier alpha value is -2.31. The van der Waals surface area contributed by atoms with E-state index in [0.717, 1.165) is 21.3 Å². The number of carbonyl (C=O) groups excluding carboxylic acids is 1. The van der Waals surface area contributed by atoms with E-state index in [2.05, 4.69) is 34.2 Å². The number of carboxylic acid groups (broad SMARTS) is 1. The van der Waals surface area contributed by atoms with Gasteiger partial charge in [-0.25, -0.2) is 4.98 Å². The van der Waals surface area contributed by atoms with E-state index in [9.17, 15) is 9.90 Å². The van der Waals surface area contributed by atoms with Gasteiger partial charge in [-0.2, -0.15) is 4.98 Å². The highest BCUT2D eigenvalue weighted by Gasteiger charge is 2.27. The van der Waals surface area contributed by atoms with Crippen LogP contribution in [0.3, 0.4) is 0 Å². The quantitative estimate of drug-likeness (QED) is 0.785. The Morgan fingerprint density at radius 2 is 1.91 bits per heavy atom. The number of nitrogens with zero attached hydrogens (tertiary/aromatic N) is 2. The zero-order valence-corrected chi connectivity index (χ0v) is 14.0. The number of fused-ring (bicyclic) bond motifs is 1. The first kappa shape index (κ1) is 15.6. The summed E-state index contributed by atoms with van der Waals surface area (Å²) in [6, 6.07) is 8.21. The Balaban J connectivity index is 2.15. The molecule has 0 amide bonds. The van der Waals surface area contributed by atoms with E-state index in [1.807, 2.05) is 12.3 Å². The van der Waals surface area contributed by atoms with Crippen LogP contribution in [0.1, 0.15) is 19.4 Å². The van der Waals surface area contributed by atoms with Crippen molar-refractivity contribution in [2.24, 2.45) is 0 Å². The van der Waals surface area contributed by atoms with Crippen LogP contribution in [0.15, 0.2) is 36.0 Å². The van der Waals surface area contributed by atoms with Crippen LogP contribution in [0.4, 0.5) is 5.82 Å². The van der Waals surface area contributed by atoms with E-state index in [4.69, 9.17) is 0 Å². The summed E-state index contributed by atoms with van der Waals surface area (Å²) in [5, 5.41) is 15.9. The van der Waals surface area contributed by atoms with Gasteiger partial charge in [-0.1, -0.05) is 29.8 Å². The van der Waals surface area contributed by atoms with Crippen molar-refractivity contribution in [2.45, 2.75) is 26.3 Å². The molecule has 0 bridgehead atoms. The maximum atomic E-state index is 11.3. The maximum Gasteiger partial charge on any atom is 0.237 e. The van der Waals surface area contributed by atoms with Crippen LogP contribution in [0, 0.1) is 6.92 Å². The van der Waals surface area contributed by atoms with Gasteiger partial charge in [-0.3, -0.25) is 5.32 Å². The van der Waals surface area contributed by atoms with Crippen molar-refractivity contribution in [1.29, 1.82) is 0 Å². The number of aliphatic carboxylic acids is 1. The highest BCUT2D eigenvalue weighted by atomic mass is 32.1. The molecule has 0 fully saturated rings. The largest absolute Gasteiger partial charge is 0.544 e. The lowest BCUT2D eigenvalue weighted by Crippen LogP contribution is -2.94. The number of aryl methyl sites for hydroxylation is 1. The summed E-state index contributed by atoms with van der Waals surface area (Å²) >= 11 is 1.53. The molecule has 5 nitrogen and oxygen atoms in total. The molecule has 0 aliphatic carbocycles. The molecule has 0 atom stereocenters. The number of nitrogens with two attached hydrogens (primary N) is 1. The lowest BCUT2D eigenvalue weighted by atomic mass is 10.0. The Kier molecular flexibility index (Phi) is 3.87. The predicted molar refractivity (Wildman–Crippen MR) is 88.3 cm³/mol. The van der Waals surface area contributed by atoms with Gasteiger partial charge in [-0.15, -0.1) is 11.3 Å². The van der Waals surface area contributed by atoms with Crippen LogP contribution >= 0.6 is 11.3 Å². The first-order valence-corrected chi connectivity index (χ1v) is 8.13. The SMILES string of the molecule is Cc1ccc(-c2csc3ncnc([NH2+]C(C)(C)C(=O)[O-])c23)cc1. The summed E-state index contributed by atoms with van der Waals surface area (Å²) in [5.74, 6) is -0.502. The fraction of sp³-hybridized carbons (Fsp3) is 0.235.